The van der Waals surface area contributed by atoms with E-state index in [4.69, 9.17) is 4.74 Å². The molecule has 0 bridgehead atoms. The predicted octanol–water partition coefficient (Wildman–Crippen LogP) is 4.05. The topological polar surface area (TPSA) is 37.4 Å². The Labute approximate surface area is 167 Å². The van der Waals surface area contributed by atoms with Crippen LogP contribution in [0.1, 0.15) is 29.3 Å². The normalized spacial score (nSPS) is 16.3. The molecule has 1 aliphatic heterocycles. The Morgan fingerprint density at radius 1 is 0.929 bits per heavy atom. The first-order valence-corrected chi connectivity index (χ1v) is 10.0. The summed E-state index contributed by atoms with van der Waals surface area (Å²) >= 11 is 0. The van der Waals surface area contributed by atoms with E-state index in [1.807, 2.05) is 36.5 Å². The quantitative estimate of drug-likeness (QED) is 0.707. The van der Waals surface area contributed by atoms with Crippen molar-refractivity contribution in [2.45, 2.75) is 19.1 Å². The van der Waals surface area contributed by atoms with E-state index in [1.165, 1.54) is 11.1 Å². The van der Waals surface area contributed by atoms with Gasteiger partial charge in [-0.2, -0.15) is 0 Å². The van der Waals surface area contributed by atoms with Crippen molar-refractivity contribution < 1.29 is 4.74 Å². The van der Waals surface area contributed by atoms with Gasteiger partial charge >= 0.3 is 0 Å². The third-order valence-electron chi connectivity index (χ3n) is 5.13. The SMILES string of the molecule is c1ccc(COc2cccc(C(c3ccccn3)N3CCCNCC3)c2)cc1. The third-order valence-corrected chi connectivity index (χ3v) is 5.13. The monoisotopic (exact) mass is 373 g/mol. The second kappa shape index (κ2) is 9.49. The zero-order valence-corrected chi connectivity index (χ0v) is 16.1. The second-order valence-corrected chi connectivity index (χ2v) is 7.14. The molecule has 1 saturated heterocycles. The maximum Gasteiger partial charge on any atom is 0.120 e. The second-order valence-electron chi connectivity index (χ2n) is 7.14. The Balaban J connectivity index is 1.59. The van der Waals surface area contributed by atoms with Crippen molar-refractivity contribution in [3.8, 4) is 5.75 Å². The summed E-state index contributed by atoms with van der Waals surface area (Å²) in [7, 11) is 0. The van der Waals surface area contributed by atoms with Crippen LogP contribution >= 0.6 is 0 Å². The van der Waals surface area contributed by atoms with Crippen LogP contribution in [-0.2, 0) is 6.61 Å². The van der Waals surface area contributed by atoms with Gasteiger partial charge in [-0.15, -0.1) is 0 Å². The van der Waals surface area contributed by atoms with Gasteiger partial charge in [0.15, 0.2) is 0 Å². The van der Waals surface area contributed by atoms with Crippen molar-refractivity contribution >= 4 is 0 Å². The van der Waals surface area contributed by atoms with Gasteiger partial charge < -0.3 is 10.1 Å². The fraction of sp³-hybridized carbons (Fsp3) is 0.292. The Morgan fingerprint density at radius 3 is 2.68 bits per heavy atom. The van der Waals surface area contributed by atoms with E-state index >= 15 is 0 Å². The van der Waals surface area contributed by atoms with Gasteiger partial charge in [0.1, 0.15) is 12.4 Å². The lowest BCUT2D eigenvalue weighted by Gasteiger charge is -2.30. The highest BCUT2D eigenvalue weighted by Crippen LogP contribution is 2.30. The molecule has 1 unspecified atom stereocenters. The minimum atomic E-state index is 0.140. The van der Waals surface area contributed by atoms with Crippen LogP contribution in [-0.4, -0.2) is 36.1 Å². The lowest BCUT2D eigenvalue weighted by atomic mass is 10.0. The molecule has 1 fully saturated rings. The van der Waals surface area contributed by atoms with Crippen LogP contribution < -0.4 is 10.1 Å². The molecule has 1 N–H and O–H groups in total. The molecule has 1 aromatic heterocycles. The number of rotatable bonds is 6. The highest BCUT2D eigenvalue weighted by atomic mass is 16.5. The van der Waals surface area contributed by atoms with Crippen LogP contribution in [0.15, 0.2) is 79.0 Å². The van der Waals surface area contributed by atoms with E-state index in [9.17, 15) is 0 Å². The van der Waals surface area contributed by atoms with E-state index in [2.05, 4.69) is 57.7 Å². The zero-order chi connectivity index (χ0) is 19.0. The summed E-state index contributed by atoms with van der Waals surface area (Å²) in [6.07, 6.45) is 3.03. The molecule has 3 aromatic rings. The lowest BCUT2D eigenvalue weighted by Crippen LogP contribution is -2.33. The Morgan fingerprint density at radius 2 is 1.82 bits per heavy atom. The number of nitrogens with one attached hydrogen (secondary N) is 1. The third kappa shape index (κ3) is 4.77. The summed E-state index contributed by atoms with van der Waals surface area (Å²) < 4.78 is 6.08. The number of hydrogen-bond donors (Lipinski definition) is 1. The number of benzene rings is 2. The Bertz CT molecular complexity index is 846. The van der Waals surface area contributed by atoms with Gasteiger partial charge in [-0.1, -0.05) is 48.5 Å². The van der Waals surface area contributed by atoms with Gasteiger partial charge in [0.2, 0.25) is 0 Å². The lowest BCUT2D eigenvalue weighted by molar-refractivity contribution is 0.236. The summed E-state index contributed by atoms with van der Waals surface area (Å²) in [5.41, 5.74) is 3.49. The minimum absolute atomic E-state index is 0.140. The first-order chi connectivity index (χ1) is 13.9. The molecule has 2 heterocycles. The van der Waals surface area contributed by atoms with Gasteiger partial charge in [0, 0.05) is 25.8 Å². The molecule has 28 heavy (non-hydrogen) atoms. The fourth-order valence-corrected chi connectivity index (χ4v) is 3.75. The molecule has 2 aromatic carbocycles. The van der Waals surface area contributed by atoms with Gasteiger partial charge in [-0.25, -0.2) is 0 Å². The minimum Gasteiger partial charge on any atom is -0.489 e. The summed E-state index contributed by atoms with van der Waals surface area (Å²) in [4.78, 5) is 7.21. The Kier molecular flexibility index (Phi) is 6.32. The first kappa shape index (κ1) is 18.7. The number of pyridine rings is 1. The molecule has 1 atom stereocenters. The molecule has 0 radical (unpaired) electrons. The van der Waals surface area contributed by atoms with Gasteiger partial charge in [-0.3, -0.25) is 9.88 Å². The van der Waals surface area contributed by atoms with Crippen LogP contribution in [0.3, 0.4) is 0 Å². The molecule has 0 aliphatic carbocycles. The first-order valence-electron chi connectivity index (χ1n) is 10.0. The van der Waals surface area contributed by atoms with Crippen molar-refractivity contribution in [3.05, 3.63) is 95.8 Å². The van der Waals surface area contributed by atoms with Crippen LogP contribution in [0.25, 0.3) is 0 Å². The van der Waals surface area contributed by atoms with E-state index in [-0.39, 0.29) is 6.04 Å². The van der Waals surface area contributed by atoms with Crippen LogP contribution in [0.5, 0.6) is 5.75 Å². The zero-order valence-electron chi connectivity index (χ0n) is 16.1. The van der Waals surface area contributed by atoms with Crippen molar-refractivity contribution in [3.63, 3.8) is 0 Å². The average molecular weight is 374 g/mol. The highest BCUT2D eigenvalue weighted by Gasteiger charge is 2.24. The van der Waals surface area contributed by atoms with E-state index in [1.54, 1.807) is 0 Å². The van der Waals surface area contributed by atoms with Crippen molar-refractivity contribution in [2.24, 2.45) is 0 Å². The summed E-state index contributed by atoms with van der Waals surface area (Å²) in [5, 5.41) is 3.50. The molecule has 144 valence electrons. The number of aromatic nitrogens is 1. The maximum absolute atomic E-state index is 6.08. The largest absolute Gasteiger partial charge is 0.489 e. The molecule has 0 amide bonds. The molecule has 4 rings (SSSR count). The van der Waals surface area contributed by atoms with E-state index in [0.29, 0.717) is 6.61 Å². The van der Waals surface area contributed by atoms with Crippen molar-refractivity contribution in [2.75, 3.05) is 26.2 Å². The van der Waals surface area contributed by atoms with E-state index < -0.39 is 0 Å². The predicted molar refractivity (Wildman–Crippen MR) is 112 cm³/mol. The Hall–Kier alpha value is -2.69. The standard InChI is InChI=1S/C24H27N3O/c1-2-8-20(9-3-1)19-28-22-11-6-10-21(18-22)24(23-12-4-5-14-26-23)27-16-7-13-25-15-17-27/h1-6,8-12,14,18,24-25H,7,13,15-17,19H2. The van der Waals surface area contributed by atoms with Crippen molar-refractivity contribution in [1.29, 1.82) is 0 Å². The molecule has 4 heteroatoms. The summed E-state index contributed by atoms with van der Waals surface area (Å²) in [5.74, 6) is 0.898. The van der Waals surface area contributed by atoms with Gasteiger partial charge in [0.25, 0.3) is 0 Å². The maximum atomic E-state index is 6.08. The molecule has 0 saturated carbocycles. The van der Waals surface area contributed by atoms with Crippen LogP contribution in [0.4, 0.5) is 0 Å². The molecular formula is C24H27N3O. The van der Waals surface area contributed by atoms with Gasteiger partial charge in [-0.05, 0) is 48.4 Å². The highest BCUT2D eigenvalue weighted by molar-refractivity contribution is 5.35. The van der Waals surface area contributed by atoms with Crippen LogP contribution in [0.2, 0.25) is 0 Å². The summed E-state index contributed by atoms with van der Waals surface area (Å²) in [6.45, 7) is 4.73. The average Bonchev–Trinajstić information content (AvgIpc) is 3.04. The molecule has 4 nitrogen and oxygen atoms in total. The fourth-order valence-electron chi connectivity index (χ4n) is 3.75. The summed E-state index contributed by atoms with van der Waals surface area (Å²) in [6, 6.07) is 25.1. The molecule has 1 aliphatic rings. The number of hydrogen-bond acceptors (Lipinski definition) is 4. The number of ether oxygens (including phenoxy) is 1. The number of nitrogens with zero attached hydrogens (tertiary/aromatic N) is 2. The van der Waals surface area contributed by atoms with Crippen LogP contribution in [0, 0.1) is 0 Å². The van der Waals surface area contributed by atoms with E-state index in [0.717, 1.165) is 44.0 Å². The molecular weight excluding hydrogens is 346 g/mol. The van der Waals surface area contributed by atoms with Gasteiger partial charge in [0.05, 0.1) is 11.7 Å². The smallest absolute Gasteiger partial charge is 0.120 e. The molecule has 0 spiro atoms. The van der Waals surface area contributed by atoms with Crippen molar-refractivity contribution in [1.82, 2.24) is 15.2 Å².